The van der Waals surface area contributed by atoms with Crippen molar-refractivity contribution in [1.29, 1.82) is 0 Å². The number of aliphatic hydroxyl groups is 1. The number of hydrogen-bond donors (Lipinski definition) is 2. The summed E-state index contributed by atoms with van der Waals surface area (Å²) in [5.41, 5.74) is -1.53. The fourth-order valence-corrected chi connectivity index (χ4v) is 5.32. The van der Waals surface area contributed by atoms with E-state index in [1.54, 1.807) is 4.90 Å². The molecule has 4 rings (SSSR count). The van der Waals surface area contributed by atoms with Crippen LogP contribution in [-0.4, -0.2) is 88.1 Å². The number of nitrogens with zero attached hydrogens (tertiary/aromatic N) is 3. The molecule has 0 unspecified atom stereocenters. The van der Waals surface area contributed by atoms with Crippen molar-refractivity contribution in [3.63, 3.8) is 0 Å². The number of likely N-dealkylation sites (tertiary alicyclic amines) is 2. The first-order valence-corrected chi connectivity index (χ1v) is 10.8. The van der Waals surface area contributed by atoms with Gasteiger partial charge in [0.15, 0.2) is 0 Å². The van der Waals surface area contributed by atoms with E-state index in [-0.39, 0.29) is 18.4 Å². The summed E-state index contributed by atoms with van der Waals surface area (Å²) in [6.45, 7) is 3.59. The van der Waals surface area contributed by atoms with Crippen LogP contribution in [0.4, 0.5) is 4.79 Å². The summed E-state index contributed by atoms with van der Waals surface area (Å²) in [4.78, 5) is 43.0. The Morgan fingerprint density at radius 2 is 1.64 bits per heavy atom. The van der Waals surface area contributed by atoms with E-state index >= 15 is 0 Å². The molecule has 1 atom stereocenters. The molecule has 8 nitrogen and oxygen atoms in total. The molecule has 4 amide bonds. The average Bonchev–Trinajstić information content (AvgIpc) is 3.34. The van der Waals surface area contributed by atoms with Crippen LogP contribution in [0.3, 0.4) is 0 Å². The molecular weight excluding hydrogens is 360 g/mol. The van der Waals surface area contributed by atoms with E-state index in [2.05, 4.69) is 10.2 Å². The Morgan fingerprint density at radius 1 is 0.929 bits per heavy atom. The molecule has 2 N–H and O–H groups in total. The highest BCUT2D eigenvalue weighted by Gasteiger charge is 2.53. The van der Waals surface area contributed by atoms with Gasteiger partial charge < -0.3 is 20.2 Å². The zero-order valence-corrected chi connectivity index (χ0v) is 16.6. The Bertz CT molecular complexity index is 642. The summed E-state index contributed by atoms with van der Waals surface area (Å²) in [5, 5.41) is 13.8. The van der Waals surface area contributed by atoms with Crippen molar-refractivity contribution < 1.29 is 19.5 Å². The third-order valence-electron chi connectivity index (χ3n) is 6.98. The molecule has 3 aliphatic heterocycles. The molecular formula is C20H32N4O4. The number of urea groups is 1. The predicted octanol–water partition coefficient (Wildman–Crippen LogP) is 0.690. The molecule has 1 spiro atoms. The highest BCUT2D eigenvalue weighted by atomic mass is 16.3. The molecule has 0 aromatic heterocycles. The number of nitrogens with one attached hydrogen (secondary N) is 1. The van der Waals surface area contributed by atoms with Crippen molar-refractivity contribution in [2.24, 2.45) is 0 Å². The van der Waals surface area contributed by atoms with Crippen LogP contribution in [0.1, 0.15) is 57.8 Å². The summed E-state index contributed by atoms with van der Waals surface area (Å²) in [6, 6.07) is -0.444. The van der Waals surface area contributed by atoms with Gasteiger partial charge in [-0.2, -0.15) is 0 Å². The second-order valence-corrected chi connectivity index (χ2v) is 9.05. The van der Waals surface area contributed by atoms with Crippen molar-refractivity contribution in [2.75, 3.05) is 39.3 Å². The van der Waals surface area contributed by atoms with Crippen LogP contribution < -0.4 is 5.32 Å². The summed E-state index contributed by atoms with van der Waals surface area (Å²) >= 11 is 0. The van der Waals surface area contributed by atoms with Gasteiger partial charge in [-0.05, 0) is 58.0 Å². The normalized spacial score (nSPS) is 30.9. The molecule has 0 aromatic carbocycles. The van der Waals surface area contributed by atoms with Crippen molar-refractivity contribution in [2.45, 2.75) is 68.9 Å². The molecule has 1 aliphatic carbocycles. The van der Waals surface area contributed by atoms with E-state index in [0.29, 0.717) is 45.3 Å². The number of β-amino-alcohol motifs (C(OH)–C–C–N with tert-alkyl or cyclic N) is 1. The minimum atomic E-state index is -0.772. The largest absolute Gasteiger partial charge is 0.388 e. The fourth-order valence-electron chi connectivity index (χ4n) is 5.32. The minimum Gasteiger partial charge on any atom is -0.388 e. The number of amides is 4. The zero-order valence-electron chi connectivity index (χ0n) is 16.6. The molecule has 0 aromatic rings. The SMILES string of the molecule is O=C(CN1C(=O)NC2(CCCC2)C1=O)N1CCC[C@@](O)(CN2CCCC2)CC1. The molecule has 0 bridgehead atoms. The molecule has 8 heteroatoms. The van der Waals surface area contributed by atoms with Gasteiger partial charge in [-0.3, -0.25) is 14.5 Å². The standard InChI is InChI=1S/C20H32N4O4/c25-16(14-24-17(26)20(21-18(24)27)7-1-2-8-20)23-12-5-6-19(28,9-13-23)15-22-10-3-4-11-22/h28H,1-15H2,(H,21,27)/t19-/m0/s1. The third kappa shape index (κ3) is 3.76. The highest BCUT2D eigenvalue weighted by Crippen LogP contribution is 2.35. The summed E-state index contributed by atoms with van der Waals surface area (Å²) in [5.74, 6) is -0.451. The first-order chi connectivity index (χ1) is 13.4. The van der Waals surface area contributed by atoms with Crippen LogP contribution in [0.2, 0.25) is 0 Å². The van der Waals surface area contributed by atoms with E-state index in [0.717, 1.165) is 37.3 Å². The summed E-state index contributed by atoms with van der Waals surface area (Å²) in [6.07, 6.45) is 7.51. The van der Waals surface area contributed by atoms with Crippen LogP contribution >= 0.6 is 0 Å². The second kappa shape index (κ2) is 7.63. The van der Waals surface area contributed by atoms with Gasteiger partial charge >= 0.3 is 6.03 Å². The Labute approximate surface area is 166 Å². The van der Waals surface area contributed by atoms with Crippen LogP contribution in [0.15, 0.2) is 0 Å². The molecule has 4 aliphatic rings. The molecule has 28 heavy (non-hydrogen) atoms. The lowest BCUT2D eigenvalue weighted by Crippen LogP contribution is -2.46. The van der Waals surface area contributed by atoms with Crippen LogP contribution in [0.25, 0.3) is 0 Å². The molecule has 4 fully saturated rings. The summed E-state index contributed by atoms with van der Waals surface area (Å²) < 4.78 is 0. The van der Waals surface area contributed by atoms with Gasteiger partial charge in [0.2, 0.25) is 5.91 Å². The zero-order chi connectivity index (χ0) is 19.8. The van der Waals surface area contributed by atoms with Crippen LogP contribution in [0.5, 0.6) is 0 Å². The van der Waals surface area contributed by atoms with E-state index < -0.39 is 17.2 Å². The maximum Gasteiger partial charge on any atom is 0.325 e. The predicted molar refractivity (Wildman–Crippen MR) is 102 cm³/mol. The molecule has 3 saturated heterocycles. The third-order valence-corrected chi connectivity index (χ3v) is 6.98. The second-order valence-electron chi connectivity index (χ2n) is 9.05. The Hall–Kier alpha value is -1.67. The van der Waals surface area contributed by atoms with Gasteiger partial charge in [-0.25, -0.2) is 4.79 Å². The minimum absolute atomic E-state index is 0.197. The van der Waals surface area contributed by atoms with E-state index in [1.807, 2.05) is 0 Å². The van der Waals surface area contributed by atoms with Crippen molar-refractivity contribution in [1.82, 2.24) is 20.0 Å². The van der Waals surface area contributed by atoms with Gasteiger partial charge in [0.1, 0.15) is 12.1 Å². The monoisotopic (exact) mass is 392 g/mol. The lowest BCUT2D eigenvalue weighted by atomic mass is 9.94. The average molecular weight is 393 g/mol. The molecule has 3 heterocycles. The highest BCUT2D eigenvalue weighted by molar-refractivity contribution is 6.09. The van der Waals surface area contributed by atoms with Gasteiger partial charge in [0.25, 0.3) is 5.91 Å². The molecule has 1 saturated carbocycles. The van der Waals surface area contributed by atoms with E-state index in [1.165, 1.54) is 12.8 Å². The fraction of sp³-hybridized carbons (Fsp3) is 0.850. The lowest BCUT2D eigenvalue weighted by molar-refractivity contribution is -0.139. The number of imide groups is 1. The lowest BCUT2D eigenvalue weighted by Gasteiger charge is -2.31. The van der Waals surface area contributed by atoms with E-state index in [9.17, 15) is 19.5 Å². The summed E-state index contributed by atoms with van der Waals surface area (Å²) in [7, 11) is 0. The van der Waals surface area contributed by atoms with Crippen molar-refractivity contribution in [3.8, 4) is 0 Å². The first kappa shape index (κ1) is 19.6. The molecule has 156 valence electrons. The van der Waals surface area contributed by atoms with Crippen molar-refractivity contribution in [3.05, 3.63) is 0 Å². The smallest absolute Gasteiger partial charge is 0.325 e. The van der Waals surface area contributed by atoms with E-state index in [4.69, 9.17) is 0 Å². The topological polar surface area (TPSA) is 93.2 Å². The van der Waals surface area contributed by atoms with Crippen molar-refractivity contribution >= 4 is 17.8 Å². The van der Waals surface area contributed by atoms with Gasteiger partial charge in [0, 0.05) is 19.6 Å². The van der Waals surface area contributed by atoms with Gasteiger partial charge in [0.05, 0.1) is 5.60 Å². The number of carbonyl (C=O) groups is 3. The van der Waals surface area contributed by atoms with Crippen LogP contribution in [-0.2, 0) is 9.59 Å². The first-order valence-electron chi connectivity index (χ1n) is 10.8. The Kier molecular flexibility index (Phi) is 5.35. The Morgan fingerprint density at radius 3 is 2.36 bits per heavy atom. The maximum atomic E-state index is 12.8. The maximum absolute atomic E-state index is 12.8. The molecule has 0 radical (unpaired) electrons. The number of rotatable bonds is 4. The number of carbonyl (C=O) groups excluding carboxylic acids is 3. The number of hydrogen-bond acceptors (Lipinski definition) is 5. The van der Waals surface area contributed by atoms with Gasteiger partial charge in [-0.15, -0.1) is 0 Å². The quantitative estimate of drug-likeness (QED) is 0.687. The Balaban J connectivity index is 1.34. The van der Waals surface area contributed by atoms with Gasteiger partial charge in [-0.1, -0.05) is 12.8 Å². The van der Waals surface area contributed by atoms with Crippen LogP contribution in [0, 0.1) is 0 Å².